The van der Waals surface area contributed by atoms with Gasteiger partial charge in [0.25, 0.3) is 5.91 Å². The minimum Gasteiger partial charge on any atom is -0.455 e. The van der Waals surface area contributed by atoms with Gasteiger partial charge in [0.1, 0.15) is 11.5 Å². The highest BCUT2D eigenvalue weighted by molar-refractivity contribution is 7.90. The molecule has 0 radical (unpaired) electrons. The van der Waals surface area contributed by atoms with E-state index in [0.717, 1.165) is 19.5 Å². The number of aryl methyl sites for hydroxylation is 1. The third-order valence-electron chi connectivity index (χ3n) is 6.34. The van der Waals surface area contributed by atoms with Crippen molar-refractivity contribution in [2.24, 2.45) is 5.92 Å². The number of hydrogen-bond acceptors (Lipinski definition) is 5. The minimum atomic E-state index is -3.55. The minimum absolute atomic E-state index is 0.137. The number of rotatable bonds is 8. The van der Waals surface area contributed by atoms with Crippen LogP contribution in [0.5, 0.6) is 0 Å². The fourth-order valence-corrected chi connectivity index (χ4v) is 5.93. The van der Waals surface area contributed by atoms with Gasteiger partial charge in [-0.3, -0.25) is 9.69 Å². The van der Waals surface area contributed by atoms with Crippen LogP contribution < -0.4 is 5.32 Å². The molecule has 7 heteroatoms. The summed E-state index contributed by atoms with van der Waals surface area (Å²) in [5, 5.41) is 2.95. The molecular weight excluding hydrogens is 436 g/mol. The number of nitrogens with one attached hydrogen (secondary N) is 1. The van der Waals surface area contributed by atoms with Crippen LogP contribution in [-0.2, 0) is 15.6 Å². The van der Waals surface area contributed by atoms with E-state index in [-0.39, 0.29) is 28.1 Å². The lowest BCUT2D eigenvalue weighted by Gasteiger charge is -2.24. The van der Waals surface area contributed by atoms with Crippen molar-refractivity contribution < 1.29 is 17.6 Å². The molecule has 3 aromatic rings. The molecule has 2 aromatic carbocycles. The Morgan fingerprint density at radius 2 is 1.82 bits per heavy atom. The van der Waals surface area contributed by atoms with Crippen molar-refractivity contribution in [1.29, 1.82) is 0 Å². The molecule has 0 saturated carbocycles. The number of likely N-dealkylation sites (tertiary alicyclic amines) is 1. The molecular formula is C26H30N2O4S. The van der Waals surface area contributed by atoms with Gasteiger partial charge >= 0.3 is 0 Å². The SMILES string of the molecule is Cc1ccccc1S(=O)(=O)Cc1ccc(C(=O)NC[C@H]2CCN([C@@H](C)c3ccccc3)C2)o1. The van der Waals surface area contributed by atoms with E-state index in [9.17, 15) is 13.2 Å². The largest absolute Gasteiger partial charge is 0.455 e. The maximum atomic E-state index is 12.7. The number of amides is 1. The van der Waals surface area contributed by atoms with Gasteiger partial charge in [0.05, 0.1) is 4.90 Å². The number of benzene rings is 2. The summed E-state index contributed by atoms with van der Waals surface area (Å²) >= 11 is 0. The lowest BCUT2D eigenvalue weighted by atomic mass is 10.1. The Morgan fingerprint density at radius 3 is 2.58 bits per heavy atom. The molecule has 2 atom stereocenters. The summed E-state index contributed by atoms with van der Waals surface area (Å²) in [6.45, 7) is 6.46. The number of carbonyl (C=O) groups is 1. The van der Waals surface area contributed by atoms with Crippen molar-refractivity contribution in [2.45, 2.75) is 37.0 Å². The Kier molecular flexibility index (Phi) is 7.00. The zero-order valence-electron chi connectivity index (χ0n) is 19.0. The van der Waals surface area contributed by atoms with Gasteiger partial charge in [0, 0.05) is 19.1 Å². The fraction of sp³-hybridized carbons (Fsp3) is 0.346. The summed E-state index contributed by atoms with van der Waals surface area (Å²) in [6.07, 6.45) is 1.02. The second-order valence-corrected chi connectivity index (χ2v) is 10.7. The van der Waals surface area contributed by atoms with Gasteiger partial charge in [-0.2, -0.15) is 0 Å². The lowest BCUT2D eigenvalue weighted by molar-refractivity contribution is 0.0917. The molecule has 0 bridgehead atoms. The van der Waals surface area contributed by atoms with Crippen LogP contribution in [0.4, 0.5) is 0 Å². The third kappa shape index (κ3) is 5.54. The Bertz CT molecular complexity index is 1200. The van der Waals surface area contributed by atoms with Crippen LogP contribution in [0.2, 0.25) is 0 Å². The second-order valence-electron chi connectivity index (χ2n) is 8.74. The van der Waals surface area contributed by atoms with Crippen molar-refractivity contribution in [1.82, 2.24) is 10.2 Å². The van der Waals surface area contributed by atoms with Crippen LogP contribution in [0.15, 0.2) is 76.0 Å². The molecule has 0 aliphatic carbocycles. The molecule has 4 rings (SSSR count). The Balaban J connectivity index is 1.30. The molecule has 33 heavy (non-hydrogen) atoms. The van der Waals surface area contributed by atoms with E-state index in [1.807, 2.05) is 6.07 Å². The van der Waals surface area contributed by atoms with Crippen LogP contribution in [0.1, 0.15) is 46.8 Å². The zero-order valence-corrected chi connectivity index (χ0v) is 19.8. The highest BCUT2D eigenvalue weighted by atomic mass is 32.2. The van der Waals surface area contributed by atoms with E-state index in [4.69, 9.17) is 4.42 Å². The molecule has 2 heterocycles. The predicted molar refractivity (Wildman–Crippen MR) is 128 cm³/mol. The topological polar surface area (TPSA) is 79.6 Å². The first kappa shape index (κ1) is 23.3. The van der Waals surface area contributed by atoms with Crippen LogP contribution in [0.3, 0.4) is 0 Å². The molecule has 1 fully saturated rings. The standard InChI is InChI=1S/C26H30N2O4S/c1-19-8-6-7-11-25(19)33(30,31)18-23-12-13-24(32-23)26(29)27-16-21-14-15-28(17-21)20(2)22-9-4-3-5-10-22/h3-13,20-21H,14-18H2,1-2H3,(H,27,29)/t20-,21+/m0/s1. The average molecular weight is 467 g/mol. The number of hydrogen-bond donors (Lipinski definition) is 1. The molecule has 6 nitrogen and oxygen atoms in total. The highest BCUT2D eigenvalue weighted by Crippen LogP contribution is 2.27. The Labute approximate surface area is 195 Å². The first-order valence-corrected chi connectivity index (χ1v) is 12.9. The van der Waals surface area contributed by atoms with Crippen molar-refractivity contribution in [3.05, 3.63) is 89.4 Å². The van der Waals surface area contributed by atoms with E-state index in [2.05, 4.69) is 41.4 Å². The number of carbonyl (C=O) groups excluding carboxylic acids is 1. The maximum Gasteiger partial charge on any atom is 0.287 e. The van der Waals surface area contributed by atoms with Crippen LogP contribution in [0, 0.1) is 12.8 Å². The third-order valence-corrected chi connectivity index (χ3v) is 8.14. The Hall–Kier alpha value is -2.90. The lowest BCUT2D eigenvalue weighted by Crippen LogP contribution is -2.31. The smallest absolute Gasteiger partial charge is 0.287 e. The van der Waals surface area contributed by atoms with Crippen molar-refractivity contribution in [3.8, 4) is 0 Å². The van der Waals surface area contributed by atoms with Crippen molar-refractivity contribution in [3.63, 3.8) is 0 Å². The molecule has 0 spiro atoms. The molecule has 174 valence electrons. The van der Waals surface area contributed by atoms with E-state index in [1.165, 1.54) is 11.6 Å². The molecule has 1 N–H and O–H groups in total. The normalized spacial score (nSPS) is 17.7. The summed E-state index contributed by atoms with van der Waals surface area (Å²) in [6, 6.07) is 20.7. The first-order chi connectivity index (χ1) is 15.8. The predicted octanol–water partition coefficient (Wildman–Crippen LogP) is 4.37. The second kappa shape index (κ2) is 9.93. The molecule has 1 amide bonds. The fourth-order valence-electron chi connectivity index (χ4n) is 4.40. The highest BCUT2D eigenvalue weighted by Gasteiger charge is 2.27. The molecule has 1 saturated heterocycles. The van der Waals surface area contributed by atoms with Crippen LogP contribution in [0.25, 0.3) is 0 Å². The maximum absolute atomic E-state index is 12.7. The van der Waals surface area contributed by atoms with Crippen LogP contribution in [-0.4, -0.2) is 38.9 Å². The number of nitrogens with zero attached hydrogens (tertiary/aromatic N) is 1. The number of furan rings is 1. The average Bonchev–Trinajstić information content (AvgIpc) is 3.47. The van der Waals surface area contributed by atoms with Gasteiger partial charge in [0.15, 0.2) is 15.6 Å². The van der Waals surface area contributed by atoms with E-state index >= 15 is 0 Å². The first-order valence-electron chi connectivity index (χ1n) is 11.3. The van der Waals surface area contributed by atoms with E-state index in [1.54, 1.807) is 37.3 Å². The number of sulfone groups is 1. The monoisotopic (exact) mass is 466 g/mol. The van der Waals surface area contributed by atoms with Gasteiger partial charge in [-0.15, -0.1) is 0 Å². The van der Waals surface area contributed by atoms with Gasteiger partial charge in [-0.25, -0.2) is 8.42 Å². The van der Waals surface area contributed by atoms with Crippen LogP contribution >= 0.6 is 0 Å². The van der Waals surface area contributed by atoms with Gasteiger partial charge in [-0.05, 0) is 62.1 Å². The van der Waals surface area contributed by atoms with Gasteiger partial charge < -0.3 is 9.73 Å². The summed E-state index contributed by atoms with van der Waals surface area (Å²) in [7, 11) is -3.55. The molecule has 1 aliphatic heterocycles. The Morgan fingerprint density at radius 1 is 1.09 bits per heavy atom. The summed E-state index contributed by atoms with van der Waals surface area (Å²) in [4.78, 5) is 15.3. The van der Waals surface area contributed by atoms with Gasteiger partial charge in [0.2, 0.25) is 0 Å². The quantitative estimate of drug-likeness (QED) is 0.533. The van der Waals surface area contributed by atoms with Crippen molar-refractivity contribution in [2.75, 3.05) is 19.6 Å². The van der Waals surface area contributed by atoms with E-state index in [0.29, 0.717) is 24.1 Å². The summed E-state index contributed by atoms with van der Waals surface area (Å²) in [5.74, 6) is 0.171. The van der Waals surface area contributed by atoms with Crippen molar-refractivity contribution >= 4 is 15.7 Å². The van der Waals surface area contributed by atoms with Gasteiger partial charge in [-0.1, -0.05) is 48.5 Å². The zero-order chi connectivity index (χ0) is 23.4. The van der Waals surface area contributed by atoms with E-state index < -0.39 is 9.84 Å². The molecule has 1 aliphatic rings. The summed E-state index contributed by atoms with van der Waals surface area (Å²) in [5.41, 5.74) is 1.99. The molecule has 1 aromatic heterocycles. The molecule has 0 unspecified atom stereocenters. The summed E-state index contributed by atoms with van der Waals surface area (Å²) < 4.78 is 31.0.